The van der Waals surface area contributed by atoms with Crippen molar-refractivity contribution in [3.8, 4) is 0 Å². The minimum absolute atomic E-state index is 0.795. The Morgan fingerprint density at radius 2 is 1.90 bits per heavy atom. The third kappa shape index (κ3) is 2.64. The third-order valence-corrected chi connectivity index (χ3v) is 4.76. The summed E-state index contributed by atoms with van der Waals surface area (Å²) in [7, 11) is 1.98. The molecule has 0 amide bonds. The maximum Gasteiger partial charge on any atom is 0.0412 e. The lowest BCUT2D eigenvalue weighted by Crippen LogP contribution is -2.07. The van der Waals surface area contributed by atoms with Gasteiger partial charge >= 0.3 is 0 Å². The summed E-state index contributed by atoms with van der Waals surface area (Å²) < 4.78 is 0. The van der Waals surface area contributed by atoms with Crippen LogP contribution in [-0.2, 0) is 0 Å². The first-order chi connectivity index (χ1) is 9.79. The molecule has 0 aromatic heterocycles. The van der Waals surface area contributed by atoms with E-state index in [1.54, 1.807) is 0 Å². The van der Waals surface area contributed by atoms with Crippen molar-refractivity contribution < 1.29 is 0 Å². The summed E-state index contributed by atoms with van der Waals surface area (Å²) in [6.07, 6.45) is 3.32. The van der Waals surface area contributed by atoms with E-state index < -0.39 is 0 Å². The summed E-state index contributed by atoms with van der Waals surface area (Å²) in [5.41, 5.74) is 3.85. The fourth-order valence-electron chi connectivity index (χ4n) is 2.42. The van der Waals surface area contributed by atoms with E-state index in [2.05, 4.69) is 47.8 Å². The average molecular weight is 302 g/mol. The molecule has 0 fully saturated rings. The van der Waals surface area contributed by atoms with Gasteiger partial charge in [0.1, 0.15) is 0 Å². The van der Waals surface area contributed by atoms with Crippen molar-refractivity contribution in [2.24, 2.45) is 0 Å². The molecule has 0 radical (unpaired) electrons. The monoisotopic (exact) mass is 301 g/mol. The first-order valence-electron chi connectivity index (χ1n) is 6.71. The van der Waals surface area contributed by atoms with Crippen LogP contribution in [0.25, 0.3) is 5.57 Å². The highest BCUT2D eigenvalue weighted by Gasteiger charge is 2.20. The Hall–Kier alpha value is -1.22. The fourth-order valence-corrected chi connectivity index (χ4v) is 3.68. The molecular formula is C17H16ClNS. The molecule has 1 aliphatic heterocycles. The van der Waals surface area contributed by atoms with E-state index in [1.807, 2.05) is 24.9 Å². The average Bonchev–Trinajstić information content (AvgIpc) is 2.47. The van der Waals surface area contributed by atoms with Crippen molar-refractivity contribution in [1.29, 1.82) is 0 Å². The molecule has 3 heteroatoms. The highest BCUT2D eigenvalue weighted by atomic mass is 35.5. The van der Waals surface area contributed by atoms with Crippen LogP contribution in [0.5, 0.6) is 0 Å². The van der Waals surface area contributed by atoms with Crippen molar-refractivity contribution in [2.75, 3.05) is 13.6 Å². The number of benzene rings is 2. The van der Waals surface area contributed by atoms with Crippen LogP contribution in [0, 0.1) is 0 Å². The van der Waals surface area contributed by atoms with Crippen LogP contribution in [0.1, 0.15) is 17.5 Å². The molecule has 0 unspecified atom stereocenters. The molecule has 0 aliphatic carbocycles. The molecule has 2 aromatic rings. The number of hydrogen-bond donors (Lipinski definition) is 1. The van der Waals surface area contributed by atoms with Crippen molar-refractivity contribution in [3.63, 3.8) is 0 Å². The number of rotatable bonds is 3. The van der Waals surface area contributed by atoms with Crippen LogP contribution >= 0.6 is 23.4 Å². The number of halogens is 1. The summed E-state index contributed by atoms with van der Waals surface area (Å²) in [5.74, 6) is 0. The van der Waals surface area contributed by atoms with E-state index in [-0.39, 0.29) is 0 Å². The Morgan fingerprint density at radius 1 is 1.10 bits per heavy atom. The molecule has 2 aromatic carbocycles. The van der Waals surface area contributed by atoms with Gasteiger partial charge in [-0.2, -0.15) is 0 Å². The zero-order valence-electron chi connectivity index (χ0n) is 11.3. The molecule has 102 valence electrons. The second-order valence-corrected chi connectivity index (χ2v) is 6.27. The maximum atomic E-state index is 6.18. The topological polar surface area (TPSA) is 12.0 Å². The Kier molecular flexibility index (Phi) is 4.16. The van der Waals surface area contributed by atoms with Crippen LogP contribution in [0.3, 0.4) is 0 Å². The van der Waals surface area contributed by atoms with E-state index in [0.29, 0.717) is 0 Å². The maximum absolute atomic E-state index is 6.18. The molecule has 1 heterocycles. The summed E-state index contributed by atoms with van der Waals surface area (Å²) in [6, 6.07) is 14.7. The van der Waals surface area contributed by atoms with E-state index in [4.69, 9.17) is 11.6 Å². The Morgan fingerprint density at radius 3 is 2.75 bits per heavy atom. The zero-order chi connectivity index (χ0) is 13.9. The van der Waals surface area contributed by atoms with Gasteiger partial charge in [0.2, 0.25) is 0 Å². The van der Waals surface area contributed by atoms with E-state index >= 15 is 0 Å². The molecule has 1 N–H and O–H groups in total. The van der Waals surface area contributed by atoms with Crippen LogP contribution in [0.15, 0.2) is 58.3 Å². The van der Waals surface area contributed by atoms with Gasteiger partial charge in [0.05, 0.1) is 0 Å². The lowest BCUT2D eigenvalue weighted by molar-refractivity contribution is 0.808. The molecule has 20 heavy (non-hydrogen) atoms. The van der Waals surface area contributed by atoms with Gasteiger partial charge in [-0.15, -0.1) is 0 Å². The first kappa shape index (κ1) is 13.7. The second-order valence-electron chi connectivity index (χ2n) is 4.75. The van der Waals surface area contributed by atoms with E-state index in [0.717, 1.165) is 18.0 Å². The quantitative estimate of drug-likeness (QED) is 0.694. The van der Waals surface area contributed by atoms with Gasteiger partial charge in [-0.3, -0.25) is 0 Å². The van der Waals surface area contributed by atoms with Gasteiger partial charge in [0, 0.05) is 14.8 Å². The SMILES string of the molecule is CNCC/C=C1\c2ccccc2Sc2ccc(Cl)cc21. The molecule has 1 aliphatic rings. The van der Waals surface area contributed by atoms with Gasteiger partial charge in [0.25, 0.3) is 0 Å². The number of fused-ring (bicyclic) bond motifs is 2. The van der Waals surface area contributed by atoms with Gasteiger partial charge < -0.3 is 5.32 Å². The van der Waals surface area contributed by atoms with Crippen LogP contribution in [0.2, 0.25) is 5.02 Å². The predicted molar refractivity (Wildman–Crippen MR) is 87.6 cm³/mol. The predicted octanol–water partition coefficient (Wildman–Crippen LogP) is 4.85. The Bertz CT molecular complexity index is 664. The van der Waals surface area contributed by atoms with Gasteiger partial charge in [0.15, 0.2) is 0 Å². The third-order valence-electron chi connectivity index (χ3n) is 3.37. The summed E-state index contributed by atoms with van der Waals surface area (Å²) in [4.78, 5) is 2.60. The van der Waals surface area contributed by atoms with Crippen LogP contribution in [0.4, 0.5) is 0 Å². The summed E-state index contributed by atoms with van der Waals surface area (Å²) >= 11 is 8.00. The highest BCUT2D eigenvalue weighted by Crippen LogP contribution is 2.45. The van der Waals surface area contributed by atoms with Gasteiger partial charge in [-0.1, -0.05) is 47.6 Å². The molecule has 1 nitrogen and oxygen atoms in total. The smallest absolute Gasteiger partial charge is 0.0412 e. The second kappa shape index (κ2) is 6.04. The molecule has 0 saturated heterocycles. The normalized spacial score (nSPS) is 15.0. The van der Waals surface area contributed by atoms with Crippen LogP contribution < -0.4 is 5.32 Å². The summed E-state index contributed by atoms with van der Waals surface area (Å²) in [5, 5.41) is 3.99. The number of hydrogen-bond acceptors (Lipinski definition) is 2. The zero-order valence-corrected chi connectivity index (χ0v) is 12.9. The molecular weight excluding hydrogens is 286 g/mol. The van der Waals surface area contributed by atoms with Crippen LogP contribution in [-0.4, -0.2) is 13.6 Å². The molecule has 0 spiro atoms. The number of nitrogens with one attached hydrogen (secondary N) is 1. The Labute approximate surface area is 129 Å². The highest BCUT2D eigenvalue weighted by molar-refractivity contribution is 7.99. The minimum Gasteiger partial charge on any atom is -0.319 e. The van der Waals surface area contributed by atoms with Crippen molar-refractivity contribution in [1.82, 2.24) is 5.32 Å². The minimum atomic E-state index is 0.795. The van der Waals surface area contributed by atoms with E-state index in [1.165, 1.54) is 26.5 Å². The van der Waals surface area contributed by atoms with Crippen molar-refractivity contribution >= 4 is 28.9 Å². The van der Waals surface area contributed by atoms with E-state index in [9.17, 15) is 0 Å². The molecule has 0 atom stereocenters. The largest absolute Gasteiger partial charge is 0.319 e. The van der Waals surface area contributed by atoms with Crippen molar-refractivity contribution in [3.05, 3.63) is 64.7 Å². The molecule has 0 saturated carbocycles. The van der Waals surface area contributed by atoms with Gasteiger partial charge in [-0.25, -0.2) is 0 Å². The first-order valence-corrected chi connectivity index (χ1v) is 7.91. The molecule has 3 rings (SSSR count). The summed E-state index contributed by atoms with van der Waals surface area (Å²) in [6.45, 7) is 0.981. The Balaban J connectivity index is 2.11. The standard InChI is InChI=1S/C17H16ClNS/c1-19-10-4-6-13-14-5-2-3-7-16(14)20-17-9-8-12(18)11-15(13)17/h2-3,5-9,11,19H,4,10H2,1H3/b13-6+. The van der Waals surface area contributed by atoms with Crippen molar-refractivity contribution in [2.45, 2.75) is 16.2 Å². The fraction of sp³-hybridized carbons (Fsp3) is 0.176. The van der Waals surface area contributed by atoms with Gasteiger partial charge in [-0.05, 0) is 61.0 Å². The molecule has 0 bridgehead atoms. The lowest BCUT2D eigenvalue weighted by Gasteiger charge is -2.22. The lowest BCUT2D eigenvalue weighted by atomic mass is 9.96.